The van der Waals surface area contributed by atoms with E-state index in [0.717, 1.165) is 0 Å². The lowest BCUT2D eigenvalue weighted by molar-refractivity contribution is -0.141. The summed E-state index contributed by atoms with van der Waals surface area (Å²) in [5.74, 6) is -2.14. The van der Waals surface area contributed by atoms with Crippen molar-refractivity contribution in [3.05, 3.63) is 0 Å². The molecular weight excluding hydrogens is 299 g/mol. The fraction of sp³-hybridized carbons (Fsp3) is 0.667. The summed E-state index contributed by atoms with van der Waals surface area (Å²) in [5.41, 5.74) is 5.06. The first-order valence-electron chi connectivity index (χ1n) is 5.19. The van der Waals surface area contributed by atoms with Crippen molar-refractivity contribution in [1.29, 1.82) is 5.41 Å². The summed E-state index contributed by atoms with van der Waals surface area (Å²) in [6.07, 6.45) is 0.751. The number of halogens is 2. The maximum atomic E-state index is 10.8. The molecule has 0 aliphatic heterocycles. The van der Waals surface area contributed by atoms with Gasteiger partial charge in [-0.1, -0.05) is 0 Å². The molecule has 0 aromatic rings. The molecule has 0 aliphatic rings. The van der Waals surface area contributed by atoms with Crippen molar-refractivity contribution in [3.8, 4) is 0 Å². The smallest absolute Gasteiger partial charge is 0.320 e. The number of rotatable bonds is 9. The Morgan fingerprint density at radius 2 is 1.79 bits per heavy atom. The summed E-state index contributed by atoms with van der Waals surface area (Å²) in [5, 5.41) is 29.4. The Bertz CT molecular complexity index is 291. The Morgan fingerprint density at radius 3 is 2.21 bits per heavy atom. The second kappa shape index (κ2) is 13.2. The van der Waals surface area contributed by atoms with Crippen LogP contribution in [0.3, 0.4) is 0 Å². The van der Waals surface area contributed by atoms with E-state index >= 15 is 0 Å². The molecule has 19 heavy (non-hydrogen) atoms. The fourth-order valence-electron chi connectivity index (χ4n) is 1.20. The molecule has 0 unspecified atom stereocenters. The first-order chi connectivity index (χ1) is 7.93. The van der Waals surface area contributed by atoms with Gasteiger partial charge in [0.25, 0.3) is 0 Å². The van der Waals surface area contributed by atoms with Crippen molar-refractivity contribution in [1.82, 2.24) is 10.6 Å². The number of nitrogens with one attached hydrogen (secondary N) is 3. The minimum absolute atomic E-state index is 0. The molecule has 0 aliphatic carbocycles. The predicted molar refractivity (Wildman–Crippen MR) is 75.3 cm³/mol. The topological polar surface area (TPSA) is 149 Å². The van der Waals surface area contributed by atoms with Gasteiger partial charge in [0.1, 0.15) is 6.04 Å². The average molecular weight is 319 g/mol. The third-order valence-electron chi connectivity index (χ3n) is 2.01. The predicted octanol–water partition coefficient (Wildman–Crippen LogP) is -0.389. The van der Waals surface area contributed by atoms with Crippen LogP contribution in [0.5, 0.6) is 0 Å². The lowest BCUT2D eigenvalue weighted by atomic mass is 10.1. The van der Waals surface area contributed by atoms with E-state index in [1.165, 1.54) is 0 Å². The summed E-state index contributed by atoms with van der Waals surface area (Å²) >= 11 is 0. The Balaban J connectivity index is -0.00000128. The summed E-state index contributed by atoms with van der Waals surface area (Å²) in [6.45, 7) is 0.534. The Hall–Kier alpha value is -1.25. The third-order valence-corrected chi connectivity index (χ3v) is 2.01. The molecular formula is C9H20Cl2N4O4. The van der Waals surface area contributed by atoms with E-state index in [0.29, 0.717) is 19.4 Å². The normalized spacial score (nSPS) is 10.5. The molecule has 10 heteroatoms. The second-order valence-corrected chi connectivity index (χ2v) is 3.47. The van der Waals surface area contributed by atoms with E-state index in [1.807, 2.05) is 0 Å². The van der Waals surface area contributed by atoms with Gasteiger partial charge in [0.05, 0.1) is 6.42 Å². The number of carbonyl (C=O) groups is 2. The average Bonchev–Trinajstić information content (AvgIpc) is 2.20. The molecule has 0 heterocycles. The molecule has 0 radical (unpaired) electrons. The number of nitrogens with two attached hydrogens (primary N) is 1. The second-order valence-electron chi connectivity index (χ2n) is 3.47. The van der Waals surface area contributed by atoms with Gasteiger partial charge in [0.15, 0.2) is 5.96 Å². The zero-order valence-corrected chi connectivity index (χ0v) is 11.9. The van der Waals surface area contributed by atoms with Crippen LogP contribution >= 0.6 is 24.8 Å². The molecule has 0 amide bonds. The molecule has 8 nitrogen and oxygen atoms in total. The van der Waals surface area contributed by atoms with E-state index < -0.39 is 18.0 Å². The van der Waals surface area contributed by atoms with Crippen molar-refractivity contribution >= 4 is 42.7 Å². The van der Waals surface area contributed by atoms with Crippen LogP contribution < -0.4 is 16.4 Å². The van der Waals surface area contributed by atoms with Gasteiger partial charge in [-0.25, -0.2) is 0 Å². The van der Waals surface area contributed by atoms with E-state index in [1.54, 1.807) is 0 Å². The van der Waals surface area contributed by atoms with Gasteiger partial charge < -0.3 is 26.6 Å². The highest BCUT2D eigenvalue weighted by atomic mass is 35.5. The lowest BCUT2D eigenvalue weighted by Gasteiger charge is -2.13. The van der Waals surface area contributed by atoms with Crippen LogP contribution in [0.4, 0.5) is 0 Å². The Morgan fingerprint density at radius 1 is 1.21 bits per heavy atom. The van der Waals surface area contributed by atoms with Crippen LogP contribution in [0.2, 0.25) is 0 Å². The van der Waals surface area contributed by atoms with E-state index in [-0.39, 0.29) is 43.7 Å². The van der Waals surface area contributed by atoms with Crippen LogP contribution in [-0.4, -0.2) is 47.2 Å². The Labute approximate surface area is 123 Å². The molecule has 0 rings (SSSR count). The van der Waals surface area contributed by atoms with Crippen LogP contribution in [-0.2, 0) is 9.59 Å². The number of hydrogen-bond donors (Lipinski definition) is 6. The van der Waals surface area contributed by atoms with Crippen molar-refractivity contribution in [3.63, 3.8) is 0 Å². The third kappa shape index (κ3) is 14.7. The zero-order chi connectivity index (χ0) is 13.3. The summed E-state index contributed by atoms with van der Waals surface area (Å²) < 4.78 is 0. The maximum Gasteiger partial charge on any atom is 0.320 e. The van der Waals surface area contributed by atoms with Crippen LogP contribution in [0.25, 0.3) is 0 Å². The number of aliphatic carboxylic acids is 2. The largest absolute Gasteiger partial charge is 0.481 e. The Kier molecular flexibility index (Phi) is 15.9. The molecule has 0 aromatic heterocycles. The quantitative estimate of drug-likeness (QED) is 0.192. The van der Waals surface area contributed by atoms with E-state index in [4.69, 9.17) is 21.4 Å². The van der Waals surface area contributed by atoms with E-state index in [9.17, 15) is 9.59 Å². The summed E-state index contributed by atoms with van der Waals surface area (Å²) in [6, 6.07) is -0.775. The van der Waals surface area contributed by atoms with Gasteiger partial charge in [-0.15, -0.1) is 24.8 Å². The van der Waals surface area contributed by atoms with Gasteiger partial charge in [-0.3, -0.25) is 15.0 Å². The summed E-state index contributed by atoms with van der Waals surface area (Å²) in [7, 11) is 0. The zero-order valence-electron chi connectivity index (χ0n) is 10.2. The molecule has 0 saturated carbocycles. The molecule has 0 saturated heterocycles. The van der Waals surface area contributed by atoms with Crippen molar-refractivity contribution in [2.24, 2.45) is 5.73 Å². The highest BCUT2D eigenvalue weighted by Gasteiger charge is 2.16. The number of guanidine groups is 1. The van der Waals surface area contributed by atoms with Crippen LogP contribution in [0, 0.1) is 5.41 Å². The molecule has 0 fully saturated rings. The standard InChI is InChI=1S/C9H18N4O4.2ClH/c10-9(11)13-4-1-2-6(8(16)17)12-5-3-7(14)15;;/h6,12H,1-5H2,(H,14,15)(H,16,17)(H4,10,11,13);2*1H/t6-;;/m0../s1. The minimum Gasteiger partial charge on any atom is -0.481 e. The molecule has 0 spiro atoms. The van der Waals surface area contributed by atoms with Crippen molar-refractivity contribution in [2.75, 3.05) is 13.1 Å². The molecule has 0 aromatic carbocycles. The van der Waals surface area contributed by atoms with Crippen molar-refractivity contribution < 1.29 is 19.8 Å². The first kappa shape index (κ1) is 22.9. The maximum absolute atomic E-state index is 10.8. The lowest BCUT2D eigenvalue weighted by Crippen LogP contribution is -2.39. The van der Waals surface area contributed by atoms with Gasteiger partial charge in [-0.05, 0) is 12.8 Å². The van der Waals surface area contributed by atoms with Gasteiger partial charge >= 0.3 is 11.9 Å². The molecule has 114 valence electrons. The van der Waals surface area contributed by atoms with Gasteiger partial charge in [0, 0.05) is 13.1 Å². The molecule has 0 bridgehead atoms. The van der Waals surface area contributed by atoms with Gasteiger partial charge in [0.2, 0.25) is 0 Å². The van der Waals surface area contributed by atoms with Crippen molar-refractivity contribution in [2.45, 2.75) is 25.3 Å². The number of carboxylic acid groups (broad SMARTS) is 2. The van der Waals surface area contributed by atoms with Gasteiger partial charge in [-0.2, -0.15) is 0 Å². The highest BCUT2D eigenvalue weighted by Crippen LogP contribution is 1.97. The fourth-order valence-corrected chi connectivity index (χ4v) is 1.20. The van der Waals surface area contributed by atoms with Crippen LogP contribution in [0.1, 0.15) is 19.3 Å². The monoisotopic (exact) mass is 318 g/mol. The highest BCUT2D eigenvalue weighted by molar-refractivity contribution is 5.85. The van der Waals surface area contributed by atoms with E-state index in [2.05, 4.69) is 10.6 Å². The minimum atomic E-state index is -1.02. The number of hydrogen-bond acceptors (Lipinski definition) is 4. The first-order valence-corrected chi connectivity index (χ1v) is 5.19. The molecule has 7 N–H and O–H groups in total. The number of carboxylic acids is 2. The van der Waals surface area contributed by atoms with Crippen LogP contribution in [0.15, 0.2) is 0 Å². The summed E-state index contributed by atoms with van der Waals surface area (Å²) in [4.78, 5) is 21.1. The SMILES string of the molecule is Cl.Cl.N=C(N)NCCC[C@H](NCCC(=O)O)C(=O)O. The molecule has 1 atom stereocenters.